The van der Waals surface area contributed by atoms with Crippen molar-refractivity contribution < 1.29 is 28.5 Å². The zero-order chi connectivity index (χ0) is 32.2. The van der Waals surface area contributed by atoms with Crippen LogP contribution in [0.1, 0.15) is 72.2 Å². The largest absolute Gasteiger partial charge is 0.506 e. The number of aromatic nitrogens is 1. The van der Waals surface area contributed by atoms with Gasteiger partial charge in [0.1, 0.15) is 17.1 Å². The summed E-state index contributed by atoms with van der Waals surface area (Å²) in [5, 5.41) is 11.0. The quantitative estimate of drug-likeness (QED) is 0.0444. The van der Waals surface area contributed by atoms with Gasteiger partial charge >= 0.3 is 0 Å². The molecule has 2 rings (SSSR count). The van der Waals surface area contributed by atoms with Gasteiger partial charge in [-0.25, -0.2) is 0 Å². The van der Waals surface area contributed by atoms with Crippen molar-refractivity contribution in [3.63, 3.8) is 0 Å². The smallest absolute Gasteiger partial charge is 0.263 e. The molecule has 238 valence electrons. The van der Waals surface area contributed by atoms with Gasteiger partial charge < -0.3 is 28.7 Å². The summed E-state index contributed by atoms with van der Waals surface area (Å²) in [4.78, 5) is 28.3. The first-order chi connectivity index (χ1) is 20.4. The summed E-state index contributed by atoms with van der Waals surface area (Å²) >= 11 is 0. The number of allylic oxidation sites excluding steroid dienone is 3. The summed E-state index contributed by atoms with van der Waals surface area (Å²) in [7, 11) is -0.385. The zero-order valence-electron chi connectivity index (χ0n) is 27.4. The lowest BCUT2D eigenvalue weighted by Crippen LogP contribution is -2.48. The maximum atomic E-state index is 13.1. The Balaban J connectivity index is 2.17. The number of benzene rings is 1. The molecule has 0 bridgehead atoms. The van der Waals surface area contributed by atoms with E-state index in [1.54, 1.807) is 37.5 Å². The average molecular weight is 614 g/mol. The number of nitrogens with one attached hydrogen (secondary N) is 1. The minimum absolute atomic E-state index is 0.0772. The highest BCUT2D eigenvalue weighted by molar-refractivity contribution is 6.77. The van der Waals surface area contributed by atoms with Crippen molar-refractivity contribution in [2.24, 2.45) is 5.92 Å². The maximum Gasteiger partial charge on any atom is 0.263 e. The van der Waals surface area contributed by atoms with E-state index < -0.39 is 19.7 Å². The number of methoxy groups -OCH3 is 1. The van der Waals surface area contributed by atoms with Crippen molar-refractivity contribution in [2.75, 3.05) is 33.7 Å². The Morgan fingerprint density at radius 3 is 2.19 bits per heavy atom. The molecular weight excluding hydrogens is 562 g/mol. The lowest BCUT2D eigenvalue weighted by molar-refractivity contribution is -0.00846. The van der Waals surface area contributed by atoms with Gasteiger partial charge in [-0.05, 0) is 59.7 Å². The molecule has 43 heavy (non-hydrogen) atoms. The van der Waals surface area contributed by atoms with Crippen molar-refractivity contribution in [3.8, 4) is 22.6 Å². The predicted octanol–water partition coefficient (Wildman–Crippen LogP) is 7.65. The topological polar surface area (TPSA) is 107 Å². The number of carbonyl (C=O) groups excluding carboxylic acids is 1. The van der Waals surface area contributed by atoms with Gasteiger partial charge in [0.25, 0.3) is 5.56 Å². The molecule has 1 aromatic carbocycles. The Hall–Kier alpha value is -2.98. The number of hydrogen-bond acceptors (Lipinski definition) is 7. The first kappa shape index (κ1) is 36.2. The number of aromatic hydroxyl groups is 1. The summed E-state index contributed by atoms with van der Waals surface area (Å²) < 4.78 is 22.6. The maximum absolute atomic E-state index is 13.1. The fraction of sp³-hybridized carbons (Fsp3) is 0.529. The molecule has 1 aromatic heterocycles. The average Bonchev–Trinajstić information content (AvgIpc) is 2.95. The minimum Gasteiger partial charge on any atom is -0.506 e. The van der Waals surface area contributed by atoms with Crippen LogP contribution in [0.4, 0.5) is 0 Å². The van der Waals surface area contributed by atoms with Gasteiger partial charge in [-0.2, -0.15) is 0 Å². The molecule has 0 spiro atoms. The van der Waals surface area contributed by atoms with Gasteiger partial charge in [-0.3, -0.25) is 9.59 Å². The predicted molar refractivity (Wildman–Crippen MR) is 175 cm³/mol. The van der Waals surface area contributed by atoms with Gasteiger partial charge in [0, 0.05) is 25.5 Å². The van der Waals surface area contributed by atoms with E-state index in [4.69, 9.17) is 18.6 Å². The third-order valence-electron chi connectivity index (χ3n) is 7.99. The molecule has 1 heterocycles. The molecule has 0 fully saturated rings. The van der Waals surface area contributed by atoms with E-state index in [-0.39, 0.29) is 24.0 Å². The Labute approximate surface area is 258 Å². The van der Waals surface area contributed by atoms with E-state index in [1.807, 2.05) is 6.92 Å². The van der Waals surface area contributed by atoms with Gasteiger partial charge in [0.05, 0.1) is 13.2 Å². The Morgan fingerprint density at radius 1 is 1.00 bits per heavy atom. The third kappa shape index (κ3) is 9.76. The van der Waals surface area contributed by atoms with Crippen molar-refractivity contribution >= 4 is 14.1 Å². The minimum atomic E-state index is -1.98. The first-order valence-corrected chi connectivity index (χ1v) is 17.3. The van der Waals surface area contributed by atoms with Crippen LogP contribution in [0.2, 0.25) is 16.6 Å². The molecule has 0 amide bonds. The second kappa shape index (κ2) is 17.3. The van der Waals surface area contributed by atoms with Gasteiger partial charge in [0.15, 0.2) is 20.9 Å². The van der Waals surface area contributed by atoms with Gasteiger partial charge in [-0.1, -0.05) is 78.3 Å². The van der Waals surface area contributed by atoms with Crippen molar-refractivity contribution in [1.29, 1.82) is 0 Å². The number of carbonyl (C=O) groups is 1. The van der Waals surface area contributed by atoms with Crippen molar-refractivity contribution in [1.82, 2.24) is 4.98 Å². The van der Waals surface area contributed by atoms with Gasteiger partial charge in [-0.15, -0.1) is 0 Å². The summed E-state index contributed by atoms with van der Waals surface area (Å²) in [6.07, 6.45) is 7.45. The summed E-state index contributed by atoms with van der Waals surface area (Å²) in [6.45, 7) is 19.4. The molecule has 2 aromatic rings. The molecule has 0 saturated carbocycles. The molecular formula is C34H51NO7Si. The Bertz CT molecular complexity index is 1260. The van der Waals surface area contributed by atoms with Crippen LogP contribution in [0.3, 0.4) is 0 Å². The monoisotopic (exact) mass is 613 g/mol. The van der Waals surface area contributed by atoms with Crippen LogP contribution < -0.4 is 10.3 Å². The standard InChI is InChI=1S/C34H51NO7Si/c1-10-27(21-42-43(23(2)3,24(4)5)25(6)7)19-26(8)11-16-31(36)32-33(37)30(20-35-34(32)38)28-12-14-29(15-13-28)41-22-40-18-17-39-9/h11-16,19-20,23-25,27H,10,17-18,21-22H2,1-9H3,(H2,35,37,38)/b16-11+,26-19+/t27-/m0/s1. The van der Waals surface area contributed by atoms with Crippen LogP contribution in [-0.2, 0) is 13.9 Å². The number of hydrogen-bond donors (Lipinski definition) is 2. The van der Waals surface area contributed by atoms with E-state index in [2.05, 4.69) is 59.5 Å². The zero-order valence-corrected chi connectivity index (χ0v) is 28.4. The summed E-state index contributed by atoms with van der Waals surface area (Å²) in [6, 6.07) is 6.91. The molecule has 1 atom stereocenters. The molecule has 0 unspecified atom stereocenters. The van der Waals surface area contributed by atoms with Crippen LogP contribution in [0.5, 0.6) is 11.5 Å². The van der Waals surface area contributed by atoms with E-state index in [1.165, 1.54) is 12.3 Å². The molecule has 9 heteroatoms. The Morgan fingerprint density at radius 2 is 1.63 bits per heavy atom. The fourth-order valence-corrected chi connectivity index (χ4v) is 11.3. The molecule has 2 N–H and O–H groups in total. The van der Waals surface area contributed by atoms with Gasteiger partial charge in [0.2, 0.25) is 0 Å². The van der Waals surface area contributed by atoms with Crippen LogP contribution in [-0.4, -0.2) is 57.9 Å². The number of ether oxygens (including phenoxy) is 3. The highest BCUT2D eigenvalue weighted by Crippen LogP contribution is 2.42. The molecule has 0 aliphatic rings. The number of aromatic amines is 1. The number of H-pyrrole nitrogens is 1. The van der Waals surface area contributed by atoms with Crippen LogP contribution in [0.25, 0.3) is 11.1 Å². The molecule has 0 aliphatic carbocycles. The summed E-state index contributed by atoms with van der Waals surface area (Å²) in [5.41, 5.74) is 2.41. The second-order valence-corrected chi connectivity index (χ2v) is 17.3. The normalized spacial score (nSPS) is 13.4. The van der Waals surface area contributed by atoms with E-state index in [9.17, 15) is 14.7 Å². The molecule has 8 nitrogen and oxygen atoms in total. The second-order valence-electron chi connectivity index (χ2n) is 11.8. The lowest BCUT2D eigenvalue weighted by Gasteiger charge is -2.42. The summed E-state index contributed by atoms with van der Waals surface area (Å²) in [5.74, 6) is -0.162. The third-order valence-corrected chi connectivity index (χ3v) is 14.1. The molecule has 0 aliphatic heterocycles. The number of ketones is 1. The SMILES string of the molecule is CC[C@@H](/C=C(C)/C=C/C(=O)c1c(O)c(-c2ccc(OCOCCOC)cc2)c[nH]c1=O)CO[Si](C(C)C)(C(C)C)C(C)C. The highest BCUT2D eigenvalue weighted by atomic mass is 28.4. The Kier molecular flexibility index (Phi) is 14.6. The first-order valence-electron chi connectivity index (χ1n) is 15.2. The van der Waals surface area contributed by atoms with Crippen molar-refractivity contribution in [2.45, 2.75) is 78.4 Å². The van der Waals surface area contributed by atoms with Crippen molar-refractivity contribution in [3.05, 3.63) is 70.2 Å². The van der Waals surface area contributed by atoms with Crippen LogP contribution in [0, 0.1) is 5.92 Å². The number of pyridine rings is 1. The van der Waals surface area contributed by atoms with Crippen LogP contribution >= 0.6 is 0 Å². The highest BCUT2D eigenvalue weighted by Gasteiger charge is 2.45. The fourth-order valence-electron chi connectivity index (χ4n) is 5.76. The molecule has 0 radical (unpaired) electrons. The lowest BCUT2D eigenvalue weighted by atomic mass is 10.0. The van der Waals surface area contributed by atoms with E-state index >= 15 is 0 Å². The van der Waals surface area contributed by atoms with Crippen LogP contribution in [0.15, 0.2) is 59.1 Å². The number of rotatable bonds is 18. The van der Waals surface area contributed by atoms with E-state index in [0.717, 1.165) is 12.0 Å². The molecule has 0 saturated heterocycles. The van der Waals surface area contributed by atoms with E-state index in [0.29, 0.717) is 53.3 Å².